The highest BCUT2D eigenvalue weighted by atomic mass is 32.2. The van der Waals surface area contributed by atoms with Gasteiger partial charge < -0.3 is 15.2 Å². The van der Waals surface area contributed by atoms with Crippen molar-refractivity contribution >= 4 is 30.3 Å². The van der Waals surface area contributed by atoms with E-state index in [9.17, 15) is 14.8 Å². The molecule has 3 N–H and O–H groups in total. The number of aromatic nitrogens is 1. The normalized spacial score (nSPS) is 10.3. The first-order valence-corrected chi connectivity index (χ1v) is 6.82. The van der Waals surface area contributed by atoms with Crippen molar-refractivity contribution in [2.45, 2.75) is 10.8 Å². The Morgan fingerprint density at radius 2 is 1.95 bits per heavy atom. The second-order valence-electron chi connectivity index (χ2n) is 4.05. The third kappa shape index (κ3) is 3.60. The van der Waals surface area contributed by atoms with Gasteiger partial charge in [0.05, 0.1) is 10.6 Å². The zero-order valence-corrected chi connectivity index (χ0v) is 11.2. The lowest BCUT2D eigenvalue weighted by molar-refractivity contribution is 0.0696. The summed E-state index contributed by atoms with van der Waals surface area (Å²) in [6, 6.07) is 10.1. The Balaban J connectivity index is 2.07. The summed E-state index contributed by atoms with van der Waals surface area (Å²) in [5.74, 6) is -0.490. The molecular weight excluding hydrogens is 277 g/mol. The van der Waals surface area contributed by atoms with Crippen LogP contribution in [-0.4, -0.2) is 33.2 Å². The summed E-state index contributed by atoms with van der Waals surface area (Å²) in [6.07, 6.45) is 1.30. The SMILES string of the molecule is O=C(O)c1ccc(SCc2ccccc2B(O)O)nc1. The molecule has 0 aliphatic rings. The molecule has 2 aromatic rings. The van der Waals surface area contributed by atoms with Crippen molar-refractivity contribution in [1.82, 2.24) is 4.98 Å². The Bertz CT molecular complexity index is 604. The van der Waals surface area contributed by atoms with Crippen molar-refractivity contribution < 1.29 is 19.9 Å². The van der Waals surface area contributed by atoms with Crippen molar-refractivity contribution in [2.75, 3.05) is 0 Å². The molecular formula is C13H12BNO4S. The fraction of sp³-hybridized carbons (Fsp3) is 0.0769. The average molecular weight is 289 g/mol. The fourth-order valence-corrected chi connectivity index (χ4v) is 2.52. The Kier molecular flexibility index (Phi) is 4.78. The van der Waals surface area contributed by atoms with Crippen LogP contribution in [0, 0.1) is 0 Å². The fourth-order valence-electron chi connectivity index (χ4n) is 1.66. The van der Waals surface area contributed by atoms with Crippen LogP contribution in [0.5, 0.6) is 0 Å². The Labute approximate surface area is 120 Å². The van der Waals surface area contributed by atoms with Crippen molar-refractivity contribution in [3.05, 3.63) is 53.7 Å². The van der Waals surface area contributed by atoms with Gasteiger partial charge in [-0.15, -0.1) is 11.8 Å². The number of carbonyl (C=O) groups is 1. The third-order valence-corrected chi connectivity index (χ3v) is 3.68. The van der Waals surface area contributed by atoms with E-state index in [4.69, 9.17) is 5.11 Å². The van der Waals surface area contributed by atoms with Crippen LogP contribution < -0.4 is 5.46 Å². The average Bonchev–Trinajstić information content (AvgIpc) is 2.45. The molecule has 2 rings (SSSR count). The number of aromatic carboxylic acids is 1. The van der Waals surface area contributed by atoms with E-state index in [0.29, 0.717) is 16.2 Å². The first-order chi connectivity index (χ1) is 9.58. The molecule has 0 aliphatic carbocycles. The molecule has 1 heterocycles. The summed E-state index contributed by atoms with van der Waals surface area (Å²) >= 11 is 1.40. The number of carboxylic acid groups (broad SMARTS) is 1. The highest BCUT2D eigenvalue weighted by Crippen LogP contribution is 2.20. The predicted molar refractivity (Wildman–Crippen MR) is 77.0 cm³/mol. The summed E-state index contributed by atoms with van der Waals surface area (Å²) in [5, 5.41) is 28.0. The molecule has 0 saturated heterocycles. The molecule has 0 atom stereocenters. The van der Waals surface area contributed by atoms with E-state index in [2.05, 4.69) is 4.98 Å². The minimum Gasteiger partial charge on any atom is -0.478 e. The Morgan fingerprint density at radius 3 is 2.55 bits per heavy atom. The van der Waals surface area contributed by atoms with Crippen molar-refractivity contribution in [3.63, 3.8) is 0 Å². The van der Waals surface area contributed by atoms with E-state index in [1.54, 1.807) is 18.2 Å². The van der Waals surface area contributed by atoms with Crippen LogP contribution in [0.15, 0.2) is 47.6 Å². The number of pyridine rings is 1. The lowest BCUT2D eigenvalue weighted by Gasteiger charge is -2.08. The van der Waals surface area contributed by atoms with E-state index in [-0.39, 0.29) is 5.56 Å². The quantitative estimate of drug-likeness (QED) is 0.556. The zero-order valence-electron chi connectivity index (χ0n) is 10.4. The van der Waals surface area contributed by atoms with Gasteiger partial charge >= 0.3 is 13.1 Å². The largest absolute Gasteiger partial charge is 0.488 e. The minimum atomic E-state index is -1.51. The third-order valence-electron chi connectivity index (χ3n) is 2.69. The summed E-state index contributed by atoms with van der Waals surface area (Å²) in [6.45, 7) is 0. The first kappa shape index (κ1) is 14.6. The molecule has 0 unspecified atom stereocenters. The molecule has 0 amide bonds. The highest BCUT2D eigenvalue weighted by molar-refractivity contribution is 7.98. The Hall–Kier alpha value is -1.83. The van der Waals surface area contributed by atoms with Gasteiger partial charge in [-0.25, -0.2) is 9.78 Å². The molecule has 1 aromatic carbocycles. The van der Waals surface area contributed by atoms with Gasteiger partial charge in [0, 0.05) is 11.9 Å². The van der Waals surface area contributed by atoms with E-state index in [1.165, 1.54) is 24.0 Å². The van der Waals surface area contributed by atoms with Gasteiger partial charge in [0.25, 0.3) is 0 Å². The lowest BCUT2D eigenvalue weighted by atomic mass is 9.77. The second-order valence-corrected chi connectivity index (χ2v) is 5.05. The summed E-state index contributed by atoms with van der Waals surface area (Å²) in [5.41, 5.74) is 1.40. The number of carboxylic acids is 1. The number of benzene rings is 1. The van der Waals surface area contributed by atoms with Crippen molar-refractivity contribution in [3.8, 4) is 0 Å². The van der Waals surface area contributed by atoms with E-state index < -0.39 is 13.1 Å². The molecule has 20 heavy (non-hydrogen) atoms. The molecule has 0 radical (unpaired) electrons. The van der Waals surface area contributed by atoms with Gasteiger partial charge in [0.15, 0.2) is 0 Å². The smallest absolute Gasteiger partial charge is 0.478 e. The van der Waals surface area contributed by atoms with E-state index in [0.717, 1.165) is 5.56 Å². The molecule has 0 aliphatic heterocycles. The van der Waals surface area contributed by atoms with Crippen molar-refractivity contribution in [1.29, 1.82) is 0 Å². The van der Waals surface area contributed by atoms with Gasteiger partial charge in [-0.2, -0.15) is 0 Å². The standard InChI is InChI=1S/C13H12BNO4S/c16-13(17)9-5-6-12(15-7-9)20-8-10-3-1-2-4-11(10)14(18)19/h1-7,18-19H,8H2,(H,16,17). The van der Waals surface area contributed by atoms with Crippen LogP contribution in [0.3, 0.4) is 0 Å². The van der Waals surface area contributed by atoms with E-state index in [1.807, 2.05) is 12.1 Å². The first-order valence-electron chi connectivity index (χ1n) is 5.84. The predicted octanol–water partition coefficient (Wildman–Crippen LogP) is 0.752. The minimum absolute atomic E-state index is 0.139. The van der Waals surface area contributed by atoms with Gasteiger partial charge in [-0.3, -0.25) is 0 Å². The van der Waals surface area contributed by atoms with Crippen molar-refractivity contribution in [2.24, 2.45) is 0 Å². The molecule has 0 fully saturated rings. The number of hydrogen-bond donors (Lipinski definition) is 3. The molecule has 5 nitrogen and oxygen atoms in total. The molecule has 0 bridgehead atoms. The topological polar surface area (TPSA) is 90.7 Å². The highest BCUT2D eigenvalue weighted by Gasteiger charge is 2.15. The lowest BCUT2D eigenvalue weighted by Crippen LogP contribution is -2.32. The summed E-state index contributed by atoms with van der Waals surface area (Å²) in [4.78, 5) is 14.8. The van der Waals surface area contributed by atoms with E-state index >= 15 is 0 Å². The Morgan fingerprint density at radius 1 is 1.20 bits per heavy atom. The molecule has 7 heteroatoms. The van der Waals surface area contributed by atoms with Gasteiger partial charge in [-0.1, -0.05) is 24.3 Å². The van der Waals surface area contributed by atoms with Crippen LogP contribution in [-0.2, 0) is 5.75 Å². The van der Waals surface area contributed by atoms with Crippen LogP contribution in [0.1, 0.15) is 15.9 Å². The number of rotatable bonds is 5. The van der Waals surface area contributed by atoms with Crippen LogP contribution in [0.4, 0.5) is 0 Å². The van der Waals surface area contributed by atoms with Crippen LogP contribution in [0.25, 0.3) is 0 Å². The zero-order chi connectivity index (χ0) is 14.5. The van der Waals surface area contributed by atoms with Crippen LogP contribution in [0.2, 0.25) is 0 Å². The monoisotopic (exact) mass is 289 g/mol. The summed E-state index contributed by atoms with van der Waals surface area (Å²) < 4.78 is 0. The molecule has 0 spiro atoms. The van der Waals surface area contributed by atoms with Gasteiger partial charge in [-0.05, 0) is 23.2 Å². The van der Waals surface area contributed by atoms with Gasteiger partial charge in [0.2, 0.25) is 0 Å². The molecule has 102 valence electrons. The number of nitrogens with zero attached hydrogens (tertiary/aromatic N) is 1. The van der Waals surface area contributed by atoms with Gasteiger partial charge in [0.1, 0.15) is 0 Å². The molecule has 1 aromatic heterocycles. The maximum atomic E-state index is 10.7. The molecule has 0 saturated carbocycles. The van der Waals surface area contributed by atoms with Crippen LogP contribution >= 0.6 is 11.8 Å². The maximum Gasteiger partial charge on any atom is 0.488 e. The number of thioether (sulfide) groups is 1. The maximum absolute atomic E-state index is 10.7. The second kappa shape index (κ2) is 6.56. The summed E-state index contributed by atoms with van der Waals surface area (Å²) in [7, 11) is -1.51. The number of hydrogen-bond acceptors (Lipinski definition) is 5.